The summed E-state index contributed by atoms with van der Waals surface area (Å²) in [6, 6.07) is 10.4. The molecule has 0 radical (unpaired) electrons. The molecule has 1 N–H and O–H groups in total. The van der Waals surface area contributed by atoms with Crippen LogP contribution in [0.4, 0.5) is 0 Å². The lowest BCUT2D eigenvalue weighted by Crippen LogP contribution is -2.41. The molecule has 0 bridgehead atoms. The highest BCUT2D eigenvalue weighted by molar-refractivity contribution is 5.94. The SMILES string of the molecule is C=CCN1CCc2c(c(C(=O)N3CCC(O)CC3)nn2CCc2ccccc2)C1. The highest BCUT2D eigenvalue weighted by atomic mass is 16.3. The Hall–Kier alpha value is -2.44. The van der Waals surface area contributed by atoms with Gasteiger partial charge < -0.3 is 10.0 Å². The lowest BCUT2D eigenvalue weighted by molar-refractivity contribution is 0.0539. The van der Waals surface area contributed by atoms with Crippen molar-refractivity contribution in [2.75, 3.05) is 26.2 Å². The van der Waals surface area contributed by atoms with Crippen molar-refractivity contribution in [2.45, 2.75) is 44.9 Å². The third kappa shape index (κ3) is 4.43. The molecule has 6 heteroatoms. The minimum Gasteiger partial charge on any atom is -0.393 e. The van der Waals surface area contributed by atoms with Crippen molar-refractivity contribution < 1.29 is 9.90 Å². The maximum absolute atomic E-state index is 13.3. The first-order chi connectivity index (χ1) is 14.2. The Bertz CT molecular complexity index is 853. The second-order valence-electron chi connectivity index (χ2n) is 8.03. The molecule has 1 amide bonds. The standard InChI is InChI=1S/C23H30N4O2/c1-2-12-25-13-11-21-20(17-25)22(23(29)26-14-9-19(28)10-15-26)24-27(21)16-8-18-6-4-3-5-7-18/h2-7,19,28H,1,8-17H2. The summed E-state index contributed by atoms with van der Waals surface area (Å²) in [7, 11) is 0. The molecule has 0 aliphatic carbocycles. The Kier molecular flexibility index (Phi) is 6.11. The molecule has 1 saturated heterocycles. The molecule has 0 spiro atoms. The van der Waals surface area contributed by atoms with Crippen molar-refractivity contribution in [1.82, 2.24) is 19.6 Å². The normalized spacial score (nSPS) is 17.9. The van der Waals surface area contributed by atoms with Gasteiger partial charge in [-0.05, 0) is 24.8 Å². The predicted molar refractivity (Wildman–Crippen MR) is 113 cm³/mol. The number of hydrogen-bond acceptors (Lipinski definition) is 4. The zero-order chi connectivity index (χ0) is 20.2. The fourth-order valence-electron chi connectivity index (χ4n) is 4.34. The second kappa shape index (κ2) is 8.93. The topological polar surface area (TPSA) is 61.6 Å². The van der Waals surface area contributed by atoms with Gasteiger partial charge in [0.2, 0.25) is 0 Å². The zero-order valence-corrected chi connectivity index (χ0v) is 17.0. The van der Waals surface area contributed by atoms with E-state index in [1.165, 1.54) is 11.3 Å². The molecule has 1 aromatic heterocycles. The number of nitrogens with zero attached hydrogens (tertiary/aromatic N) is 4. The van der Waals surface area contributed by atoms with E-state index in [1.807, 2.05) is 17.0 Å². The van der Waals surface area contributed by atoms with Crippen LogP contribution < -0.4 is 0 Å². The Morgan fingerprint density at radius 2 is 1.97 bits per heavy atom. The molecular weight excluding hydrogens is 364 g/mol. The molecule has 154 valence electrons. The van der Waals surface area contributed by atoms with Crippen LogP contribution in [0.2, 0.25) is 0 Å². The summed E-state index contributed by atoms with van der Waals surface area (Å²) in [4.78, 5) is 17.4. The minimum atomic E-state index is -0.292. The zero-order valence-electron chi connectivity index (χ0n) is 17.0. The van der Waals surface area contributed by atoms with Crippen molar-refractivity contribution in [3.63, 3.8) is 0 Å². The van der Waals surface area contributed by atoms with E-state index in [0.29, 0.717) is 31.6 Å². The van der Waals surface area contributed by atoms with Gasteiger partial charge in [0.1, 0.15) is 0 Å². The fraction of sp³-hybridized carbons (Fsp3) is 0.478. The molecule has 6 nitrogen and oxygen atoms in total. The van der Waals surface area contributed by atoms with E-state index in [1.54, 1.807) is 0 Å². The molecule has 0 saturated carbocycles. The van der Waals surface area contributed by atoms with Gasteiger partial charge in [0, 0.05) is 56.9 Å². The number of amides is 1. The number of carbonyl (C=O) groups excluding carboxylic acids is 1. The Morgan fingerprint density at radius 1 is 1.21 bits per heavy atom. The number of aryl methyl sites for hydroxylation is 2. The third-order valence-corrected chi connectivity index (χ3v) is 6.01. The van der Waals surface area contributed by atoms with Gasteiger partial charge in [-0.15, -0.1) is 6.58 Å². The largest absolute Gasteiger partial charge is 0.393 e. The number of benzene rings is 1. The molecular formula is C23H30N4O2. The molecule has 3 heterocycles. The summed E-state index contributed by atoms with van der Waals surface area (Å²) in [5, 5.41) is 14.6. The van der Waals surface area contributed by atoms with Crippen LogP contribution >= 0.6 is 0 Å². The first kappa shape index (κ1) is 19.9. The molecule has 29 heavy (non-hydrogen) atoms. The van der Waals surface area contributed by atoms with Crippen molar-refractivity contribution in [1.29, 1.82) is 0 Å². The van der Waals surface area contributed by atoms with Crippen LogP contribution in [0.1, 0.15) is 40.2 Å². The van der Waals surface area contributed by atoms with E-state index in [0.717, 1.165) is 44.6 Å². The van der Waals surface area contributed by atoms with Gasteiger partial charge in [-0.2, -0.15) is 5.10 Å². The van der Waals surface area contributed by atoms with Crippen LogP contribution in [0.25, 0.3) is 0 Å². The van der Waals surface area contributed by atoms with Gasteiger partial charge in [0.05, 0.1) is 6.10 Å². The predicted octanol–water partition coefficient (Wildman–Crippen LogP) is 2.27. The monoisotopic (exact) mass is 394 g/mol. The summed E-state index contributed by atoms with van der Waals surface area (Å²) < 4.78 is 2.06. The summed E-state index contributed by atoms with van der Waals surface area (Å²) in [5.74, 6) is 0.00654. The number of piperidine rings is 1. The lowest BCUT2D eigenvalue weighted by Gasteiger charge is -2.30. The summed E-state index contributed by atoms with van der Waals surface area (Å²) in [6.45, 7) is 8.35. The van der Waals surface area contributed by atoms with Gasteiger partial charge in [-0.3, -0.25) is 14.4 Å². The number of aliphatic hydroxyl groups is 1. The summed E-state index contributed by atoms with van der Waals surface area (Å²) in [5.41, 5.74) is 4.14. The van der Waals surface area contributed by atoms with E-state index in [9.17, 15) is 9.90 Å². The van der Waals surface area contributed by atoms with Gasteiger partial charge >= 0.3 is 0 Å². The quantitative estimate of drug-likeness (QED) is 0.764. The molecule has 2 aliphatic rings. The second-order valence-corrected chi connectivity index (χ2v) is 8.03. The fourth-order valence-corrected chi connectivity index (χ4v) is 4.34. The number of fused-ring (bicyclic) bond motifs is 1. The molecule has 2 aliphatic heterocycles. The van der Waals surface area contributed by atoms with Crippen LogP contribution in [0.15, 0.2) is 43.0 Å². The molecule has 2 aromatic rings. The number of rotatable bonds is 6. The molecule has 0 unspecified atom stereocenters. The van der Waals surface area contributed by atoms with Crippen LogP contribution in [0.3, 0.4) is 0 Å². The van der Waals surface area contributed by atoms with Crippen molar-refractivity contribution in [3.8, 4) is 0 Å². The maximum atomic E-state index is 13.3. The molecule has 0 atom stereocenters. The van der Waals surface area contributed by atoms with E-state index in [-0.39, 0.29) is 12.0 Å². The van der Waals surface area contributed by atoms with Crippen LogP contribution in [0.5, 0.6) is 0 Å². The van der Waals surface area contributed by atoms with Crippen LogP contribution in [0, 0.1) is 0 Å². The van der Waals surface area contributed by atoms with Gasteiger partial charge in [0.15, 0.2) is 5.69 Å². The maximum Gasteiger partial charge on any atom is 0.274 e. The molecule has 1 fully saturated rings. The van der Waals surface area contributed by atoms with Crippen molar-refractivity contribution in [2.24, 2.45) is 0 Å². The Labute approximate surface area is 172 Å². The highest BCUT2D eigenvalue weighted by Gasteiger charge is 2.31. The van der Waals surface area contributed by atoms with Gasteiger partial charge in [-0.25, -0.2) is 0 Å². The average molecular weight is 395 g/mol. The van der Waals surface area contributed by atoms with E-state index in [2.05, 4.69) is 40.4 Å². The van der Waals surface area contributed by atoms with Crippen molar-refractivity contribution in [3.05, 3.63) is 65.5 Å². The van der Waals surface area contributed by atoms with E-state index in [4.69, 9.17) is 5.10 Å². The number of carbonyl (C=O) groups is 1. The first-order valence-electron chi connectivity index (χ1n) is 10.6. The Morgan fingerprint density at radius 3 is 2.69 bits per heavy atom. The molecule has 4 rings (SSSR count). The number of aromatic nitrogens is 2. The number of aliphatic hydroxyl groups excluding tert-OH is 1. The minimum absolute atomic E-state index is 0.00654. The van der Waals surface area contributed by atoms with E-state index < -0.39 is 0 Å². The average Bonchev–Trinajstić information content (AvgIpc) is 3.11. The van der Waals surface area contributed by atoms with Gasteiger partial charge in [-0.1, -0.05) is 36.4 Å². The Balaban J connectivity index is 1.58. The summed E-state index contributed by atoms with van der Waals surface area (Å²) >= 11 is 0. The highest BCUT2D eigenvalue weighted by Crippen LogP contribution is 2.25. The van der Waals surface area contributed by atoms with Gasteiger partial charge in [0.25, 0.3) is 5.91 Å². The smallest absolute Gasteiger partial charge is 0.274 e. The number of hydrogen-bond donors (Lipinski definition) is 1. The van der Waals surface area contributed by atoms with E-state index >= 15 is 0 Å². The third-order valence-electron chi connectivity index (χ3n) is 6.01. The first-order valence-corrected chi connectivity index (χ1v) is 10.6. The van der Waals surface area contributed by atoms with Crippen LogP contribution in [-0.2, 0) is 25.9 Å². The summed E-state index contributed by atoms with van der Waals surface area (Å²) in [6.07, 6.45) is 4.71. The lowest BCUT2D eigenvalue weighted by atomic mass is 10.0. The van der Waals surface area contributed by atoms with Crippen molar-refractivity contribution >= 4 is 5.91 Å². The van der Waals surface area contributed by atoms with Crippen LogP contribution in [-0.4, -0.2) is 62.9 Å². The molecule has 1 aromatic carbocycles. The number of likely N-dealkylation sites (tertiary alicyclic amines) is 1.